The van der Waals surface area contributed by atoms with Crippen molar-refractivity contribution in [2.75, 3.05) is 0 Å². The van der Waals surface area contributed by atoms with E-state index in [9.17, 15) is 19.6 Å². The fraction of sp³-hybridized carbons (Fsp3) is 0.242. The van der Waals surface area contributed by atoms with E-state index in [0.717, 1.165) is 35.1 Å². The highest BCUT2D eigenvalue weighted by Crippen LogP contribution is 2.42. The first-order valence-electron chi connectivity index (χ1n) is 13.4. The molecular formula is C33H29ClFN3O3. The average Bonchev–Trinajstić information content (AvgIpc) is 3.39. The van der Waals surface area contributed by atoms with Crippen molar-refractivity contribution < 1.29 is 19.0 Å². The molecule has 1 aliphatic rings. The quantitative estimate of drug-likeness (QED) is 0.217. The summed E-state index contributed by atoms with van der Waals surface area (Å²) in [4.78, 5) is 15.5. The molecule has 4 aromatic rings. The average molecular weight is 570 g/mol. The Hall–Kier alpha value is -4.25. The Morgan fingerprint density at radius 1 is 1.17 bits per heavy atom. The number of fused-ring (bicyclic) bond motifs is 1. The number of nitrogens with one attached hydrogen (secondary N) is 1. The SMILES string of the molecule is CC(NCc1cc(Cl)c(C[C@H]2CCc3c(-c4ccccc4F)cccc32)cc1OCc1cncc(C#N)c1)C(=O)O. The van der Waals surface area contributed by atoms with Gasteiger partial charge in [-0.3, -0.25) is 9.78 Å². The molecule has 41 heavy (non-hydrogen) atoms. The molecule has 5 rings (SSSR count). The van der Waals surface area contributed by atoms with Crippen LogP contribution < -0.4 is 10.1 Å². The van der Waals surface area contributed by atoms with Gasteiger partial charge in [0, 0.05) is 40.7 Å². The third kappa shape index (κ3) is 6.40. The number of halogens is 2. The number of pyridine rings is 1. The second-order valence-electron chi connectivity index (χ2n) is 10.3. The summed E-state index contributed by atoms with van der Waals surface area (Å²) in [5.41, 5.74) is 6.73. The van der Waals surface area contributed by atoms with Crippen LogP contribution in [-0.2, 0) is 30.8 Å². The number of ether oxygens (including phenoxy) is 1. The van der Waals surface area contributed by atoms with Crippen molar-refractivity contribution in [2.24, 2.45) is 0 Å². The fourth-order valence-electron chi connectivity index (χ4n) is 5.35. The van der Waals surface area contributed by atoms with Gasteiger partial charge in [0.15, 0.2) is 0 Å². The molecule has 1 aromatic heterocycles. The number of nitriles is 1. The maximum atomic E-state index is 14.6. The van der Waals surface area contributed by atoms with Gasteiger partial charge in [-0.25, -0.2) is 4.39 Å². The van der Waals surface area contributed by atoms with Crippen LogP contribution >= 0.6 is 11.6 Å². The molecule has 0 fully saturated rings. The van der Waals surface area contributed by atoms with Gasteiger partial charge in [0.25, 0.3) is 0 Å². The van der Waals surface area contributed by atoms with Crippen molar-refractivity contribution in [1.29, 1.82) is 5.26 Å². The van der Waals surface area contributed by atoms with Gasteiger partial charge in [0.2, 0.25) is 0 Å². The molecule has 2 atom stereocenters. The van der Waals surface area contributed by atoms with E-state index in [1.807, 2.05) is 36.4 Å². The Balaban J connectivity index is 1.43. The number of aliphatic carboxylic acids is 1. The molecule has 1 unspecified atom stereocenters. The summed E-state index contributed by atoms with van der Waals surface area (Å²) in [6, 6.07) is 19.7. The highest BCUT2D eigenvalue weighted by molar-refractivity contribution is 6.31. The third-order valence-corrected chi connectivity index (χ3v) is 7.89. The lowest BCUT2D eigenvalue weighted by molar-refractivity contribution is -0.139. The van der Waals surface area contributed by atoms with E-state index in [2.05, 4.69) is 22.4 Å². The predicted octanol–water partition coefficient (Wildman–Crippen LogP) is 6.83. The first kappa shape index (κ1) is 28.3. The van der Waals surface area contributed by atoms with E-state index in [4.69, 9.17) is 16.3 Å². The predicted molar refractivity (Wildman–Crippen MR) is 155 cm³/mol. The smallest absolute Gasteiger partial charge is 0.320 e. The molecule has 0 spiro atoms. The van der Waals surface area contributed by atoms with Crippen LogP contribution in [0, 0.1) is 17.1 Å². The van der Waals surface area contributed by atoms with Gasteiger partial charge in [-0.1, -0.05) is 48.0 Å². The van der Waals surface area contributed by atoms with Crippen molar-refractivity contribution in [3.63, 3.8) is 0 Å². The maximum absolute atomic E-state index is 14.6. The molecule has 6 nitrogen and oxygen atoms in total. The van der Waals surface area contributed by atoms with E-state index in [1.54, 1.807) is 25.3 Å². The number of benzene rings is 3. The maximum Gasteiger partial charge on any atom is 0.320 e. The van der Waals surface area contributed by atoms with Crippen LogP contribution in [-0.4, -0.2) is 22.1 Å². The number of rotatable bonds is 10. The van der Waals surface area contributed by atoms with Gasteiger partial charge in [-0.05, 0) is 78.6 Å². The zero-order chi connectivity index (χ0) is 28.9. The number of nitrogens with zero attached hydrogens (tertiary/aromatic N) is 2. The summed E-state index contributed by atoms with van der Waals surface area (Å²) in [5, 5.41) is 22.1. The molecule has 0 amide bonds. The van der Waals surface area contributed by atoms with E-state index in [1.165, 1.54) is 23.4 Å². The molecule has 1 aliphatic carbocycles. The van der Waals surface area contributed by atoms with Crippen molar-refractivity contribution in [1.82, 2.24) is 10.3 Å². The van der Waals surface area contributed by atoms with E-state index in [-0.39, 0.29) is 24.9 Å². The molecule has 3 aromatic carbocycles. The number of hydrogen-bond acceptors (Lipinski definition) is 5. The number of carboxylic acids is 1. The third-order valence-electron chi connectivity index (χ3n) is 7.54. The standard InChI is InChI=1S/C33H29ClFN3O3/c1-20(33(39)40)38-18-25-13-30(34)24(14-32(25)41-19-22-11-21(15-36)16-37-17-22)12-23-9-10-28-26(23)6-4-7-27(28)29-5-2-3-8-31(29)35/h2-8,11,13-14,16-17,20,23,38H,9-10,12,18-19H2,1H3,(H,39,40)/t20?,23-/m1/s1. The summed E-state index contributed by atoms with van der Waals surface area (Å²) >= 11 is 6.79. The Labute approximate surface area is 243 Å². The number of carboxylic acid groups (broad SMARTS) is 1. The molecule has 0 saturated carbocycles. The molecule has 2 N–H and O–H groups in total. The molecular weight excluding hydrogens is 541 g/mol. The van der Waals surface area contributed by atoms with E-state index >= 15 is 0 Å². The number of aromatic nitrogens is 1. The van der Waals surface area contributed by atoms with Crippen molar-refractivity contribution in [3.05, 3.63) is 117 Å². The largest absolute Gasteiger partial charge is 0.489 e. The second-order valence-corrected chi connectivity index (χ2v) is 10.7. The van der Waals surface area contributed by atoms with Crippen LogP contribution in [0.2, 0.25) is 5.02 Å². The zero-order valence-electron chi connectivity index (χ0n) is 22.5. The second kappa shape index (κ2) is 12.5. The van der Waals surface area contributed by atoms with Gasteiger partial charge in [0.05, 0.1) is 5.56 Å². The lowest BCUT2D eigenvalue weighted by Crippen LogP contribution is -2.33. The van der Waals surface area contributed by atoms with E-state index in [0.29, 0.717) is 28.3 Å². The molecule has 0 aliphatic heterocycles. The Kier molecular flexibility index (Phi) is 8.63. The molecule has 0 saturated heterocycles. The van der Waals surface area contributed by atoms with Crippen LogP contribution in [0.5, 0.6) is 5.75 Å². The van der Waals surface area contributed by atoms with Crippen LogP contribution in [0.25, 0.3) is 11.1 Å². The van der Waals surface area contributed by atoms with Gasteiger partial charge in [-0.2, -0.15) is 5.26 Å². The van der Waals surface area contributed by atoms with Gasteiger partial charge >= 0.3 is 5.97 Å². The lowest BCUT2D eigenvalue weighted by Gasteiger charge is -2.19. The number of hydrogen-bond donors (Lipinski definition) is 2. The highest BCUT2D eigenvalue weighted by atomic mass is 35.5. The van der Waals surface area contributed by atoms with Crippen LogP contribution in [0.15, 0.2) is 73.1 Å². The van der Waals surface area contributed by atoms with Crippen LogP contribution in [0.1, 0.15) is 52.6 Å². The van der Waals surface area contributed by atoms with Gasteiger partial charge < -0.3 is 15.2 Å². The van der Waals surface area contributed by atoms with Gasteiger partial charge in [0.1, 0.15) is 30.3 Å². The monoisotopic (exact) mass is 569 g/mol. The highest BCUT2D eigenvalue weighted by Gasteiger charge is 2.27. The minimum Gasteiger partial charge on any atom is -0.489 e. The minimum atomic E-state index is -0.954. The topological polar surface area (TPSA) is 95.2 Å². The molecule has 208 valence electrons. The Morgan fingerprint density at radius 2 is 1.98 bits per heavy atom. The Morgan fingerprint density at radius 3 is 2.76 bits per heavy atom. The summed E-state index contributed by atoms with van der Waals surface area (Å²) < 4.78 is 20.8. The first-order chi connectivity index (χ1) is 19.8. The van der Waals surface area contributed by atoms with Crippen molar-refractivity contribution in [3.8, 4) is 22.9 Å². The van der Waals surface area contributed by atoms with E-state index < -0.39 is 12.0 Å². The minimum absolute atomic E-state index is 0.184. The number of carbonyl (C=O) groups is 1. The lowest BCUT2D eigenvalue weighted by atomic mass is 9.90. The summed E-state index contributed by atoms with van der Waals surface area (Å²) in [7, 11) is 0. The molecule has 0 radical (unpaired) electrons. The van der Waals surface area contributed by atoms with Gasteiger partial charge in [-0.15, -0.1) is 0 Å². The van der Waals surface area contributed by atoms with Crippen molar-refractivity contribution in [2.45, 2.75) is 51.3 Å². The molecule has 1 heterocycles. The Bertz CT molecular complexity index is 1630. The first-order valence-corrected chi connectivity index (χ1v) is 13.8. The molecule has 0 bridgehead atoms. The summed E-state index contributed by atoms with van der Waals surface area (Å²) in [5.74, 6) is -0.403. The molecule has 8 heteroatoms. The fourth-order valence-corrected chi connectivity index (χ4v) is 5.62. The summed E-state index contributed by atoms with van der Waals surface area (Å²) in [6.07, 6.45) is 5.57. The summed E-state index contributed by atoms with van der Waals surface area (Å²) in [6.45, 7) is 2.01. The zero-order valence-corrected chi connectivity index (χ0v) is 23.3. The van der Waals surface area contributed by atoms with Crippen LogP contribution in [0.3, 0.4) is 0 Å². The van der Waals surface area contributed by atoms with Crippen LogP contribution in [0.4, 0.5) is 4.39 Å². The van der Waals surface area contributed by atoms with Crippen molar-refractivity contribution >= 4 is 17.6 Å². The normalized spacial score (nSPS) is 14.7.